The van der Waals surface area contributed by atoms with Crippen LogP contribution in [0, 0.1) is 11.9 Å². The number of nitrogens with zero attached hydrogens (tertiary/aromatic N) is 2. The van der Waals surface area contributed by atoms with Crippen molar-refractivity contribution >= 4 is 5.91 Å². The summed E-state index contributed by atoms with van der Waals surface area (Å²) in [6.45, 7) is 2.87. The van der Waals surface area contributed by atoms with Crippen LogP contribution in [0.15, 0.2) is 18.2 Å². The van der Waals surface area contributed by atoms with Crippen molar-refractivity contribution in [3.05, 3.63) is 29.8 Å². The summed E-state index contributed by atoms with van der Waals surface area (Å²) in [5.41, 5.74) is 0.150. The van der Waals surface area contributed by atoms with Crippen molar-refractivity contribution in [3.8, 4) is 0 Å². The van der Waals surface area contributed by atoms with Crippen LogP contribution in [-0.4, -0.2) is 41.5 Å². The van der Waals surface area contributed by atoms with Crippen LogP contribution in [0.3, 0.4) is 0 Å². The van der Waals surface area contributed by atoms with E-state index in [4.69, 9.17) is 0 Å². The monoisotopic (exact) mass is 263 g/mol. The number of rotatable bonds is 4. The largest absolute Gasteiger partial charge is 0.350 e. The number of amides is 1. The molecule has 4 nitrogen and oxygen atoms in total. The zero-order chi connectivity index (χ0) is 13.2. The Bertz CT molecular complexity index is 476. The fraction of sp³-hybridized carbons (Fsp3) is 0.571. The second-order valence-electron chi connectivity index (χ2n) is 5.44. The van der Waals surface area contributed by atoms with Crippen LogP contribution in [0.25, 0.3) is 0 Å². The molecule has 102 valence electrons. The number of likely N-dealkylation sites (tertiary alicyclic amines) is 1. The van der Waals surface area contributed by atoms with Crippen molar-refractivity contribution in [3.63, 3.8) is 0 Å². The highest BCUT2D eigenvalue weighted by atomic mass is 19.1. The normalized spacial score (nSPS) is 23.5. The third-order valence-electron chi connectivity index (χ3n) is 3.88. The summed E-state index contributed by atoms with van der Waals surface area (Å²) in [7, 11) is 0. The Labute approximate surface area is 112 Å². The maximum Gasteiger partial charge on any atom is 0.270 e. The molecule has 3 rings (SSSR count). The van der Waals surface area contributed by atoms with Gasteiger partial charge in [-0.1, -0.05) is 6.07 Å². The van der Waals surface area contributed by atoms with Gasteiger partial charge < -0.3 is 10.2 Å². The lowest BCUT2D eigenvalue weighted by molar-refractivity contribution is 0.0941. The molecule has 1 aromatic heterocycles. The average molecular weight is 263 g/mol. The molecule has 1 N–H and O–H groups in total. The van der Waals surface area contributed by atoms with E-state index in [1.54, 1.807) is 0 Å². The second-order valence-corrected chi connectivity index (χ2v) is 5.44. The van der Waals surface area contributed by atoms with Gasteiger partial charge in [-0.15, -0.1) is 0 Å². The molecule has 1 saturated carbocycles. The number of carbonyl (C=O) groups is 1. The summed E-state index contributed by atoms with van der Waals surface area (Å²) in [5.74, 6) is -0.393. The number of aromatic nitrogens is 1. The molecule has 1 saturated heterocycles. The zero-order valence-electron chi connectivity index (χ0n) is 10.8. The van der Waals surface area contributed by atoms with Crippen molar-refractivity contribution in [2.75, 3.05) is 19.6 Å². The highest BCUT2D eigenvalue weighted by Gasteiger charge is 2.34. The van der Waals surface area contributed by atoms with Crippen LogP contribution in [-0.2, 0) is 0 Å². The zero-order valence-corrected chi connectivity index (χ0v) is 10.8. The minimum absolute atomic E-state index is 0.150. The van der Waals surface area contributed by atoms with Gasteiger partial charge in [0.25, 0.3) is 5.91 Å². The Kier molecular flexibility index (Phi) is 3.46. The highest BCUT2D eigenvalue weighted by Crippen LogP contribution is 2.31. The topological polar surface area (TPSA) is 45.2 Å². The molecule has 1 aliphatic heterocycles. The Hall–Kier alpha value is -1.49. The van der Waals surface area contributed by atoms with Crippen LogP contribution in [0.4, 0.5) is 4.39 Å². The molecule has 0 aromatic carbocycles. The standard InChI is InChI=1S/C14H18FN3O/c15-13-3-1-2-12(17-13)14(19)16-8-10-6-7-18(9-10)11-4-5-11/h1-3,10-11H,4-9H2,(H,16,19). The molecule has 2 heterocycles. The molecule has 2 aliphatic rings. The molecule has 2 fully saturated rings. The summed E-state index contributed by atoms with van der Waals surface area (Å²) >= 11 is 0. The second kappa shape index (κ2) is 5.25. The van der Waals surface area contributed by atoms with Crippen molar-refractivity contribution in [2.24, 2.45) is 5.92 Å². The molecule has 19 heavy (non-hydrogen) atoms. The molecule has 1 aromatic rings. The van der Waals surface area contributed by atoms with Crippen molar-refractivity contribution in [1.82, 2.24) is 15.2 Å². The Morgan fingerprint density at radius 2 is 2.26 bits per heavy atom. The van der Waals surface area contributed by atoms with Crippen molar-refractivity contribution in [2.45, 2.75) is 25.3 Å². The van der Waals surface area contributed by atoms with Gasteiger partial charge in [0, 0.05) is 19.1 Å². The molecule has 0 radical (unpaired) electrons. The van der Waals surface area contributed by atoms with Gasteiger partial charge in [0.15, 0.2) is 0 Å². The van der Waals surface area contributed by atoms with Gasteiger partial charge in [0.2, 0.25) is 5.95 Å². The fourth-order valence-electron chi connectivity index (χ4n) is 2.66. The van der Waals surface area contributed by atoms with Gasteiger partial charge in [0.05, 0.1) is 0 Å². The van der Waals surface area contributed by atoms with Crippen LogP contribution < -0.4 is 5.32 Å². The molecule has 1 aliphatic carbocycles. The van der Waals surface area contributed by atoms with Gasteiger partial charge in [-0.25, -0.2) is 4.98 Å². The van der Waals surface area contributed by atoms with E-state index < -0.39 is 5.95 Å². The van der Waals surface area contributed by atoms with E-state index >= 15 is 0 Å². The molecule has 0 spiro atoms. The van der Waals surface area contributed by atoms with E-state index in [0.717, 1.165) is 25.6 Å². The maximum absolute atomic E-state index is 12.9. The number of nitrogens with one attached hydrogen (secondary N) is 1. The van der Waals surface area contributed by atoms with E-state index in [1.807, 2.05) is 0 Å². The molecule has 1 unspecified atom stereocenters. The summed E-state index contributed by atoms with van der Waals surface area (Å²) in [6.07, 6.45) is 3.78. The number of pyridine rings is 1. The highest BCUT2D eigenvalue weighted by molar-refractivity contribution is 5.92. The third-order valence-corrected chi connectivity index (χ3v) is 3.88. The number of carbonyl (C=O) groups excluding carboxylic acids is 1. The van der Waals surface area contributed by atoms with E-state index in [2.05, 4.69) is 15.2 Å². The molecule has 0 bridgehead atoms. The van der Waals surface area contributed by atoms with Crippen LogP contribution >= 0.6 is 0 Å². The quantitative estimate of drug-likeness (QED) is 0.836. The molecular weight excluding hydrogens is 245 g/mol. The molecule has 5 heteroatoms. The first-order valence-corrected chi connectivity index (χ1v) is 6.87. The van der Waals surface area contributed by atoms with E-state index in [-0.39, 0.29) is 11.6 Å². The molecular formula is C14H18FN3O. The first kappa shape index (κ1) is 12.5. The Morgan fingerprint density at radius 1 is 1.42 bits per heavy atom. The Morgan fingerprint density at radius 3 is 3.00 bits per heavy atom. The van der Waals surface area contributed by atoms with E-state index in [0.29, 0.717) is 12.5 Å². The molecule has 1 atom stereocenters. The lowest BCUT2D eigenvalue weighted by Crippen LogP contribution is -2.32. The van der Waals surface area contributed by atoms with Crippen LogP contribution in [0.1, 0.15) is 29.8 Å². The van der Waals surface area contributed by atoms with Gasteiger partial charge in [-0.2, -0.15) is 4.39 Å². The fourth-order valence-corrected chi connectivity index (χ4v) is 2.66. The summed E-state index contributed by atoms with van der Waals surface area (Å²) in [6, 6.07) is 5.07. The number of halogens is 1. The van der Waals surface area contributed by atoms with Crippen LogP contribution in [0.5, 0.6) is 0 Å². The lowest BCUT2D eigenvalue weighted by atomic mass is 10.1. The van der Waals surface area contributed by atoms with Crippen LogP contribution in [0.2, 0.25) is 0 Å². The molecule has 1 amide bonds. The predicted octanol–water partition coefficient (Wildman–Crippen LogP) is 1.43. The van der Waals surface area contributed by atoms with E-state index in [9.17, 15) is 9.18 Å². The lowest BCUT2D eigenvalue weighted by Gasteiger charge is -2.15. The van der Waals surface area contributed by atoms with Crippen molar-refractivity contribution < 1.29 is 9.18 Å². The van der Waals surface area contributed by atoms with Gasteiger partial charge in [0.1, 0.15) is 5.69 Å². The predicted molar refractivity (Wildman–Crippen MR) is 69.2 cm³/mol. The summed E-state index contributed by atoms with van der Waals surface area (Å²) in [5, 5.41) is 2.85. The maximum atomic E-state index is 12.9. The van der Waals surface area contributed by atoms with E-state index in [1.165, 1.54) is 31.0 Å². The number of hydrogen-bond donors (Lipinski definition) is 1. The third kappa shape index (κ3) is 3.10. The van der Waals surface area contributed by atoms with Gasteiger partial charge >= 0.3 is 0 Å². The van der Waals surface area contributed by atoms with Gasteiger partial charge in [-0.3, -0.25) is 4.79 Å². The van der Waals surface area contributed by atoms with Crippen molar-refractivity contribution in [1.29, 1.82) is 0 Å². The first-order chi connectivity index (χ1) is 9.22. The minimum Gasteiger partial charge on any atom is -0.350 e. The minimum atomic E-state index is -0.617. The van der Waals surface area contributed by atoms with Gasteiger partial charge in [-0.05, 0) is 43.9 Å². The summed E-state index contributed by atoms with van der Waals surface area (Å²) in [4.78, 5) is 17.9. The first-order valence-electron chi connectivity index (χ1n) is 6.87. The SMILES string of the molecule is O=C(NCC1CCN(C2CC2)C1)c1cccc(F)n1. The number of hydrogen-bond acceptors (Lipinski definition) is 3. The Balaban J connectivity index is 1.48. The smallest absolute Gasteiger partial charge is 0.270 e. The average Bonchev–Trinajstić information content (AvgIpc) is 3.15. The summed E-state index contributed by atoms with van der Waals surface area (Å²) < 4.78 is 12.9.